The smallest absolute Gasteiger partial charge is 0.226 e. The monoisotopic (exact) mass is 336 g/mol. The molecule has 3 aromatic rings. The van der Waals surface area contributed by atoms with Gasteiger partial charge in [-0.1, -0.05) is 18.9 Å². The van der Waals surface area contributed by atoms with E-state index in [4.69, 9.17) is 4.98 Å². The molecule has 1 aromatic carbocycles. The van der Waals surface area contributed by atoms with Crippen molar-refractivity contribution >= 4 is 28.5 Å². The second-order valence-electron chi connectivity index (χ2n) is 6.95. The van der Waals surface area contributed by atoms with Crippen LogP contribution in [0.5, 0.6) is 0 Å². The third-order valence-corrected chi connectivity index (χ3v) is 5.05. The van der Waals surface area contributed by atoms with Gasteiger partial charge in [-0.2, -0.15) is 15.1 Å². The molecule has 6 nitrogen and oxygen atoms in total. The number of aromatic nitrogens is 4. The van der Waals surface area contributed by atoms with Crippen LogP contribution in [0.15, 0.2) is 24.4 Å². The standard InChI is InChI=1S/C19H24N6/c1-12-8-9-15(10-13(12)2)21-17-16-11-20-25(3)18(16)24-19(23-17)22-14-6-4-5-7-14/h8-11,14H,4-7H2,1-3H3,(H2,21,22,23,24). The lowest BCUT2D eigenvalue weighted by Crippen LogP contribution is -2.17. The van der Waals surface area contributed by atoms with E-state index in [-0.39, 0.29) is 0 Å². The number of nitrogens with one attached hydrogen (secondary N) is 2. The van der Waals surface area contributed by atoms with Gasteiger partial charge in [0.15, 0.2) is 5.65 Å². The molecule has 4 rings (SSSR count). The largest absolute Gasteiger partial charge is 0.351 e. The van der Waals surface area contributed by atoms with E-state index < -0.39 is 0 Å². The Labute approximate surface area is 147 Å². The Morgan fingerprint density at radius 3 is 2.64 bits per heavy atom. The van der Waals surface area contributed by atoms with Crippen LogP contribution in [0.2, 0.25) is 0 Å². The Morgan fingerprint density at radius 1 is 1.08 bits per heavy atom. The van der Waals surface area contributed by atoms with Crippen molar-refractivity contribution in [1.29, 1.82) is 0 Å². The molecule has 0 bridgehead atoms. The van der Waals surface area contributed by atoms with Crippen LogP contribution in [-0.4, -0.2) is 25.8 Å². The average Bonchev–Trinajstić information content (AvgIpc) is 3.22. The summed E-state index contributed by atoms with van der Waals surface area (Å²) < 4.78 is 1.79. The average molecular weight is 336 g/mol. The molecule has 2 aromatic heterocycles. The van der Waals surface area contributed by atoms with Crippen LogP contribution in [-0.2, 0) is 7.05 Å². The topological polar surface area (TPSA) is 67.7 Å². The van der Waals surface area contributed by atoms with E-state index in [1.165, 1.54) is 36.8 Å². The molecule has 0 radical (unpaired) electrons. The normalized spacial score (nSPS) is 15.0. The molecule has 1 aliphatic carbocycles. The van der Waals surface area contributed by atoms with Crippen molar-refractivity contribution in [2.24, 2.45) is 7.05 Å². The maximum atomic E-state index is 4.74. The fraction of sp³-hybridized carbons (Fsp3) is 0.421. The van der Waals surface area contributed by atoms with Gasteiger partial charge in [-0.25, -0.2) is 0 Å². The molecule has 6 heteroatoms. The third kappa shape index (κ3) is 3.16. The van der Waals surface area contributed by atoms with Crippen LogP contribution in [0.4, 0.5) is 17.5 Å². The van der Waals surface area contributed by atoms with Crippen LogP contribution < -0.4 is 10.6 Å². The van der Waals surface area contributed by atoms with Gasteiger partial charge in [-0.3, -0.25) is 4.68 Å². The molecule has 0 amide bonds. The number of aryl methyl sites for hydroxylation is 3. The van der Waals surface area contributed by atoms with Crippen LogP contribution >= 0.6 is 0 Å². The Hall–Kier alpha value is -2.63. The minimum atomic E-state index is 0.472. The van der Waals surface area contributed by atoms with Gasteiger partial charge in [-0.15, -0.1) is 0 Å². The number of rotatable bonds is 4. The highest BCUT2D eigenvalue weighted by atomic mass is 15.3. The van der Waals surface area contributed by atoms with Gasteiger partial charge in [0.05, 0.1) is 11.6 Å². The Bertz CT molecular complexity index is 908. The lowest BCUT2D eigenvalue weighted by atomic mass is 10.1. The lowest BCUT2D eigenvalue weighted by Gasteiger charge is -2.14. The summed E-state index contributed by atoms with van der Waals surface area (Å²) in [5.74, 6) is 1.47. The van der Waals surface area contributed by atoms with Gasteiger partial charge in [0.1, 0.15) is 5.82 Å². The highest BCUT2D eigenvalue weighted by Crippen LogP contribution is 2.27. The van der Waals surface area contributed by atoms with Crippen molar-refractivity contribution in [3.8, 4) is 0 Å². The summed E-state index contributed by atoms with van der Waals surface area (Å²) in [6.45, 7) is 4.24. The quantitative estimate of drug-likeness (QED) is 0.751. The van der Waals surface area contributed by atoms with Gasteiger partial charge in [0.2, 0.25) is 5.95 Å². The maximum Gasteiger partial charge on any atom is 0.226 e. The van der Waals surface area contributed by atoms with Gasteiger partial charge in [-0.05, 0) is 49.9 Å². The summed E-state index contributed by atoms with van der Waals surface area (Å²) in [5.41, 5.74) is 4.40. The van der Waals surface area contributed by atoms with Crippen molar-refractivity contribution < 1.29 is 0 Å². The summed E-state index contributed by atoms with van der Waals surface area (Å²) in [5, 5.41) is 12.2. The van der Waals surface area contributed by atoms with E-state index in [2.05, 4.69) is 52.8 Å². The van der Waals surface area contributed by atoms with Crippen molar-refractivity contribution in [3.63, 3.8) is 0 Å². The molecule has 1 fully saturated rings. The molecule has 0 saturated heterocycles. The first-order valence-electron chi connectivity index (χ1n) is 8.91. The number of hydrogen-bond donors (Lipinski definition) is 2. The second kappa shape index (κ2) is 6.35. The van der Waals surface area contributed by atoms with E-state index in [9.17, 15) is 0 Å². The van der Waals surface area contributed by atoms with Crippen LogP contribution in [0, 0.1) is 13.8 Å². The second-order valence-corrected chi connectivity index (χ2v) is 6.95. The molecule has 0 spiro atoms. The first-order valence-corrected chi connectivity index (χ1v) is 8.91. The highest BCUT2D eigenvalue weighted by molar-refractivity contribution is 5.89. The molecule has 1 saturated carbocycles. The van der Waals surface area contributed by atoms with Crippen LogP contribution in [0.1, 0.15) is 36.8 Å². The molecule has 0 unspecified atom stereocenters. The maximum absolute atomic E-state index is 4.74. The Kier molecular flexibility index (Phi) is 4.03. The van der Waals surface area contributed by atoms with Crippen LogP contribution in [0.25, 0.3) is 11.0 Å². The van der Waals surface area contributed by atoms with Crippen molar-refractivity contribution in [2.45, 2.75) is 45.6 Å². The summed E-state index contributed by atoms with van der Waals surface area (Å²) in [7, 11) is 1.91. The zero-order chi connectivity index (χ0) is 17.4. The van der Waals surface area contributed by atoms with Gasteiger partial charge >= 0.3 is 0 Å². The summed E-state index contributed by atoms with van der Waals surface area (Å²) in [6.07, 6.45) is 6.75. The molecule has 0 atom stereocenters. The number of hydrogen-bond acceptors (Lipinski definition) is 5. The van der Waals surface area contributed by atoms with Crippen molar-refractivity contribution in [3.05, 3.63) is 35.5 Å². The van der Waals surface area contributed by atoms with E-state index in [1.807, 2.05) is 13.2 Å². The molecule has 130 valence electrons. The molecule has 2 N–H and O–H groups in total. The van der Waals surface area contributed by atoms with Crippen molar-refractivity contribution in [2.75, 3.05) is 10.6 Å². The van der Waals surface area contributed by atoms with Crippen molar-refractivity contribution in [1.82, 2.24) is 19.7 Å². The highest BCUT2D eigenvalue weighted by Gasteiger charge is 2.18. The third-order valence-electron chi connectivity index (χ3n) is 5.05. The van der Waals surface area contributed by atoms with E-state index in [0.29, 0.717) is 12.0 Å². The molecular weight excluding hydrogens is 312 g/mol. The Balaban J connectivity index is 1.71. The summed E-state index contributed by atoms with van der Waals surface area (Å²) >= 11 is 0. The SMILES string of the molecule is Cc1ccc(Nc2nc(NC3CCCC3)nc3c2cnn3C)cc1C. The summed E-state index contributed by atoms with van der Waals surface area (Å²) in [6, 6.07) is 6.82. The number of anilines is 3. The predicted molar refractivity (Wildman–Crippen MR) is 101 cm³/mol. The zero-order valence-electron chi connectivity index (χ0n) is 15.0. The molecule has 1 aliphatic rings. The van der Waals surface area contributed by atoms with Gasteiger partial charge < -0.3 is 10.6 Å². The first kappa shape index (κ1) is 15.9. The van der Waals surface area contributed by atoms with E-state index >= 15 is 0 Å². The number of benzene rings is 1. The molecule has 0 aliphatic heterocycles. The number of fused-ring (bicyclic) bond motifs is 1. The molecule has 25 heavy (non-hydrogen) atoms. The molecule has 2 heterocycles. The predicted octanol–water partition coefficient (Wildman–Crippen LogP) is 4.08. The minimum absolute atomic E-state index is 0.472. The van der Waals surface area contributed by atoms with E-state index in [1.54, 1.807) is 4.68 Å². The van der Waals surface area contributed by atoms with Gasteiger partial charge in [0, 0.05) is 18.8 Å². The summed E-state index contributed by atoms with van der Waals surface area (Å²) in [4.78, 5) is 9.41. The van der Waals surface area contributed by atoms with Crippen LogP contribution in [0.3, 0.4) is 0 Å². The lowest BCUT2D eigenvalue weighted by molar-refractivity contribution is 0.742. The fourth-order valence-electron chi connectivity index (χ4n) is 3.39. The molecular formula is C19H24N6. The van der Waals surface area contributed by atoms with E-state index in [0.717, 1.165) is 22.5 Å². The minimum Gasteiger partial charge on any atom is -0.351 e. The Morgan fingerprint density at radius 2 is 1.88 bits per heavy atom. The van der Waals surface area contributed by atoms with Gasteiger partial charge in [0.25, 0.3) is 0 Å². The zero-order valence-corrected chi connectivity index (χ0v) is 15.0. The fourth-order valence-corrected chi connectivity index (χ4v) is 3.39. The first-order chi connectivity index (χ1) is 12.1. The number of nitrogens with zero attached hydrogens (tertiary/aromatic N) is 4.